The van der Waals surface area contributed by atoms with E-state index in [1.165, 1.54) is 13.8 Å². The largest absolute Gasteiger partial charge is 0.550 e. The predicted molar refractivity (Wildman–Crippen MR) is 63.0 cm³/mol. The zero-order valence-electron chi connectivity index (χ0n) is 12.5. The number of carboxylic acid groups (broad SMARTS) is 2. The minimum absolute atomic E-state index is 0.111. The number of hydrogen-bond acceptors (Lipinski definition) is 6. The summed E-state index contributed by atoms with van der Waals surface area (Å²) in [6.07, 6.45) is 0.868. The van der Waals surface area contributed by atoms with E-state index in [4.69, 9.17) is 6.64 Å². The number of rotatable bonds is 6. The van der Waals surface area contributed by atoms with Crippen LogP contribution in [0.1, 0.15) is 54.4 Å². The molecule has 0 radical (unpaired) electrons. The summed E-state index contributed by atoms with van der Waals surface area (Å²) < 4.78 is 10.5. The maximum Gasteiger partial charge on any atom is 0.0411 e. The molecule has 0 amide bonds. The molecule has 0 aromatic heterocycles. The molecule has 0 N–H and O–H groups in total. The van der Waals surface area contributed by atoms with E-state index in [1.54, 1.807) is 0 Å². The molecule has 7 heteroatoms. The number of carboxylic acids is 2. The molecule has 0 unspecified atom stereocenters. The maximum atomic E-state index is 9.26. The van der Waals surface area contributed by atoms with Gasteiger partial charge in [0, 0.05) is 11.9 Å². The number of aliphatic carboxylic acids is 2. The van der Waals surface area contributed by atoms with Crippen LogP contribution in [0, 0.1) is 0 Å². The molecule has 0 saturated carbocycles. The van der Waals surface area contributed by atoms with Crippen molar-refractivity contribution < 1.29 is 46.4 Å². The van der Waals surface area contributed by atoms with E-state index in [-0.39, 0.29) is 12.8 Å². The molecule has 0 spiro atoms. The molecule has 0 saturated heterocycles. The van der Waals surface area contributed by atoms with Gasteiger partial charge >= 0.3 is 66.5 Å². The Labute approximate surface area is 125 Å². The summed E-state index contributed by atoms with van der Waals surface area (Å²) in [4.78, 5) is 18.5. The van der Waals surface area contributed by atoms with E-state index in [0.29, 0.717) is 12.2 Å². The second-order valence-electron chi connectivity index (χ2n) is 3.87. The van der Waals surface area contributed by atoms with Crippen molar-refractivity contribution in [2.45, 2.75) is 66.6 Å². The zero-order valence-corrected chi connectivity index (χ0v) is 14.1. The van der Waals surface area contributed by atoms with E-state index in [1.807, 2.05) is 27.7 Å². The average Bonchev–Trinajstić information content (AvgIpc) is 2.29. The molecule has 0 fully saturated rings. The van der Waals surface area contributed by atoms with Gasteiger partial charge in [0.1, 0.15) is 0 Å². The summed E-state index contributed by atoms with van der Waals surface area (Å²) >= 11 is -0.574. The molecule has 0 heterocycles. The Bertz CT molecular complexity index is 196. The van der Waals surface area contributed by atoms with Crippen molar-refractivity contribution >= 4 is 11.9 Å². The third-order valence-electron chi connectivity index (χ3n) is 1.14. The van der Waals surface area contributed by atoms with Crippen LogP contribution in [-0.2, 0) is 36.2 Å². The first kappa shape index (κ1) is 23.7. The van der Waals surface area contributed by atoms with Gasteiger partial charge in [0.2, 0.25) is 0 Å². The molecule has 6 nitrogen and oxygen atoms in total. The van der Waals surface area contributed by atoms with Gasteiger partial charge in [0.05, 0.1) is 0 Å². The van der Waals surface area contributed by atoms with E-state index >= 15 is 0 Å². The molecule has 0 bridgehead atoms. The fourth-order valence-corrected chi connectivity index (χ4v) is 0.908. The monoisotopic (exact) mass is 312 g/mol. The van der Waals surface area contributed by atoms with Crippen LogP contribution in [0.2, 0.25) is 0 Å². The Hall–Kier alpha value is -0.426. The summed E-state index contributed by atoms with van der Waals surface area (Å²) in [5, 5.41) is 18.5. The van der Waals surface area contributed by atoms with E-state index < -0.39 is 31.9 Å². The van der Waals surface area contributed by atoms with Gasteiger partial charge in [-0.25, -0.2) is 0 Å². The van der Waals surface area contributed by atoms with Crippen LogP contribution in [0.4, 0.5) is 0 Å². The van der Waals surface area contributed by atoms with Crippen molar-refractivity contribution in [3.05, 3.63) is 0 Å². The van der Waals surface area contributed by atoms with Gasteiger partial charge in [0.15, 0.2) is 0 Å². The molecule has 0 aliphatic carbocycles. The van der Waals surface area contributed by atoms with E-state index in [0.717, 1.165) is 0 Å². The average molecular weight is 312 g/mol. The van der Waals surface area contributed by atoms with Crippen LogP contribution in [0.3, 0.4) is 0 Å². The second kappa shape index (κ2) is 17.6. The molecule has 0 aromatic rings. The number of carbonyl (C=O) groups is 2. The third-order valence-corrected chi connectivity index (χ3v) is 2.92. The third kappa shape index (κ3) is 46.5. The van der Waals surface area contributed by atoms with Gasteiger partial charge in [0.25, 0.3) is 0 Å². The van der Waals surface area contributed by atoms with Crippen LogP contribution in [0.15, 0.2) is 0 Å². The Balaban J connectivity index is -0.000000219. The molecule has 0 aromatic carbocycles. The van der Waals surface area contributed by atoms with Crippen molar-refractivity contribution in [2.24, 2.45) is 0 Å². The summed E-state index contributed by atoms with van der Waals surface area (Å²) in [6, 6.07) is 0. The molecule has 0 rings (SSSR count). The first-order valence-electron chi connectivity index (χ1n) is 6.13. The van der Waals surface area contributed by atoms with Gasteiger partial charge < -0.3 is 19.8 Å². The molecule has 19 heavy (non-hydrogen) atoms. The van der Waals surface area contributed by atoms with E-state index in [2.05, 4.69) is 0 Å². The van der Waals surface area contributed by atoms with Crippen molar-refractivity contribution in [1.82, 2.24) is 0 Å². The summed E-state index contributed by atoms with van der Waals surface area (Å²) in [5.41, 5.74) is 0. The second-order valence-corrected chi connectivity index (χ2v) is 4.86. The first-order valence-corrected chi connectivity index (χ1v) is 7.40. The van der Waals surface area contributed by atoms with Crippen LogP contribution < -0.4 is 10.2 Å². The molecular weight excluding hydrogens is 288 g/mol. The van der Waals surface area contributed by atoms with Crippen molar-refractivity contribution in [1.29, 1.82) is 0 Å². The minimum Gasteiger partial charge on any atom is -0.550 e. The minimum atomic E-state index is -0.995. The normalized spacial score (nSPS) is 8.84. The quantitative estimate of drug-likeness (QED) is 0.642. The Kier molecular flexibility index (Phi) is 21.9. The predicted octanol–water partition coefficient (Wildman–Crippen LogP) is 0.0415. The smallest absolute Gasteiger partial charge is 0.0411 e. The van der Waals surface area contributed by atoms with Crippen LogP contribution >= 0.6 is 0 Å². The first-order chi connectivity index (χ1) is 8.67. The fourth-order valence-electron chi connectivity index (χ4n) is 0.220. The van der Waals surface area contributed by atoms with Crippen molar-refractivity contribution in [2.75, 3.05) is 0 Å². The van der Waals surface area contributed by atoms with Gasteiger partial charge in [-0.3, -0.25) is 0 Å². The van der Waals surface area contributed by atoms with Crippen LogP contribution in [0.5, 0.6) is 0 Å². The standard InChI is InChI=1S/2C3H6O2.2C3H7O.Ti/c2*1-2-3(4)5;2*1-3(2)4;/h2*2H2,1H3,(H,4,5);2*3H,1-2H3;/q;;2*-1;+4/p-2. The number of hydrogen-bond donors (Lipinski definition) is 0. The zero-order chi connectivity index (χ0) is 15.8. The molecule has 112 valence electrons. The van der Waals surface area contributed by atoms with E-state index in [9.17, 15) is 19.8 Å². The van der Waals surface area contributed by atoms with Crippen LogP contribution in [-0.4, -0.2) is 24.1 Å². The van der Waals surface area contributed by atoms with Crippen molar-refractivity contribution in [3.8, 4) is 0 Å². The molecule has 0 aliphatic heterocycles. The van der Waals surface area contributed by atoms with Gasteiger partial charge in [-0.15, -0.1) is 0 Å². The fraction of sp³-hybridized carbons (Fsp3) is 0.833. The van der Waals surface area contributed by atoms with Gasteiger partial charge in [-0.05, 0) is 12.8 Å². The molecular formula is C12H24O6Ti. The summed E-state index contributed by atoms with van der Waals surface area (Å²) in [5.74, 6) is -1.99. The topological polar surface area (TPSA) is 98.7 Å². The molecule has 0 aliphatic rings. The Morgan fingerprint density at radius 2 is 1.11 bits per heavy atom. The SMILES string of the molecule is CC(C)[O][Ti+2][O]C(C)C.CCC(=O)[O-].CCC(=O)[O-]. The Morgan fingerprint density at radius 3 is 1.21 bits per heavy atom. The van der Waals surface area contributed by atoms with Gasteiger partial charge in [-0.1, -0.05) is 13.8 Å². The Morgan fingerprint density at radius 1 is 0.895 bits per heavy atom. The number of carbonyl (C=O) groups excluding carboxylic acids is 2. The summed E-state index contributed by atoms with van der Waals surface area (Å²) in [6.45, 7) is 11.2. The summed E-state index contributed by atoms with van der Waals surface area (Å²) in [7, 11) is 0. The molecule has 0 atom stereocenters. The maximum absolute atomic E-state index is 9.26. The van der Waals surface area contributed by atoms with Crippen molar-refractivity contribution in [3.63, 3.8) is 0 Å². The van der Waals surface area contributed by atoms with Gasteiger partial charge in [-0.2, -0.15) is 0 Å². The van der Waals surface area contributed by atoms with Crippen LogP contribution in [0.25, 0.3) is 0 Å².